The molecule has 0 fully saturated rings. The van der Waals surface area contributed by atoms with Gasteiger partial charge in [0.2, 0.25) is 16.6 Å². The molecule has 0 spiro atoms. The van der Waals surface area contributed by atoms with Gasteiger partial charge < -0.3 is 8.85 Å². The van der Waals surface area contributed by atoms with E-state index >= 15 is 0 Å². The van der Waals surface area contributed by atoms with Crippen LogP contribution in [0.2, 0.25) is 39.3 Å². The van der Waals surface area contributed by atoms with Crippen LogP contribution in [0.3, 0.4) is 0 Å². The number of hydrogen-bond acceptors (Lipinski definition) is 3. The zero-order valence-corrected chi connectivity index (χ0v) is 13.7. The second kappa shape index (κ2) is 5.18. The van der Waals surface area contributed by atoms with Crippen molar-refractivity contribution in [1.29, 1.82) is 0 Å². The lowest BCUT2D eigenvalue weighted by atomic mass is 10.3. The summed E-state index contributed by atoms with van der Waals surface area (Å²) in [5.74, 6) is 0.100. The molecule has 0 atom stereocenters. The van der Waals surface area contributed by atoms with E-state index in [0.29, 0.717) is 5.76 Å². The minimum atomic E-state index is -1.85. The first kappa shape index (κ1) is 15.4. The van der Waals surface area contributed by atoms with E-state index in [2.05, 4.69) is 19.6 Å². The molecule has 0 rings (SSSR count). The van der Waals surface area contributed by atoms with Crippen molar-refractivity contribution >= 4 is 22.6 Å². The summed E-state index contributed by atoms with van der Waals surface area (Å²) >= 11 is 0. The first-order valence-corrected chi connectivity index (χ1v) is 12.3. The maximum atomic E-state index is 11.9. The number of carbonyl (C=O) groups excluding carboxylic acids is 1. The van der Waals surface area contributed by atoms with Gasteiger partial charge in [-0.2, -0.15) is 0 Å². The van der Waals surface area contributed by atoms with Crippen LogP contribution in [0.1, 0.15) is 13.8 Å². The van der Waals surface area contributed by atoms with Crippen LogP contribution < -0.4 is 0 Å². The van der Waals surface area contributed by atoms with E-state index in [-0.39, 0.29) is 5.97 Å². The molecule has 3 nitrogen and oxygen atoms in total. The molecule has 0 N–H and O–H groups in total. The van der Waals surface area contributed by atoms with E-state index in [0.717, 1.165) is 5.57 Å². The highest BCUT2D eigenvalue weighted by atomic mass is 28.4. The van der Waals surface area contributed by atoms with Crippen LogP contribution in [0.5, 0.6) is 0 Å². The van der Waals surface area contributed by atoms with Crippen molar-refractivity contribution in [3.8, 4) is 0 Å². The molecule has 0 bridgehead atoms. The lowest BCUT2D eigenvalue weighted by Gasteiger charge is -2.25. The summed E-state index contributed by atoms with van der Waals surface area (Å²) in [5.41, 5.74) is 0.880. The van der Waals surface area contributed by atoms with Crippen molar-refractivity contribution in [3.05, 3.63) is 11.3 Å². The van der Waals surface area contributed by atoms with Gasteiger partial charge in [-0.05, 0) is 58.7 Å². The summed E-state index contributed by atoms with van der Waals surface area (Å²) < 4.78 is 11.2. The van der Waals surface area contributed by atoms with Crippen molar-refractivity contribution in [2.45, 2.75) is 53.1 Å². The maximum absolute atomic E-state index is 11.9. The Bertz CT molecular complexity index is 291. The summed E-state index contributed by atoms with van der Waals surface area (Å²) in [6.45, 7) is 15.9. The van der Waals surface area contributed by atoms with Gasteiger partial charge in [-0.3, -0.25) is 0 Å². The molecule has 0 aromatic heterocycles. The molecule has 0 saturated heterocycles. The molecule has 0 unspecified atom stereocenters. The lowest BCUT2D eigenvalue weighted by Crippen LogP contribution is -2.34. The third-order valence-corrected chi connectivity index (χ3v) is 3.06. The minimum Gasteiger partial charge on any atom is -0.540 e. The molecule has 0 radical (unpaired) electrons. The van der Waals surface area contributed by atoms with Crippen LogP contribution in [0, 0.1) is 0 Å². The van der Waals surface area contributed by atoms with E-state index in [1.54, 1.807) is 0 Å². The Kier molecular flexibility index (Phi) is 5.00. The average molecular weight is 260 g/mol. The van der Waals surface area contributed by atoms with Crippen LogP contribution in [0.15, 0.2) is 11.3 Å². The first-order chi connectivity index (χ1) is 6.92. The number of rotatable bonds is 4. The molecule has 0 saturated carbocycles. The predicted molar refractivity (Wildman–Crippen MR) is 72.2 cm³/mol. The largest absolute Gasteiger partial charge is 0.540 e. The average Bonchev–Trinajstić information content (AvgIpc) is 1.94. The molecule has 0 heterocycles. The van der Waals surface area contributed by atoms with E-state index in [1.807, 2.05) is 33.5 Å². The van der Waals surface area contributed by atoms with E-state index < -0.39 is 16.6 Å². The predicted octanol–water partition coefficient (Wildman–Crippen LogP) is 3.51. The van der Waals surface area contributed by atoms with Crippen LogP contribution in [0.4, 0.5) is 0 Å². The van der Waals surface area contributed by atoms with Gasteiger partial charge in [-0.1, -0.05) is 0 Å². The van der Waals surface area contributed by atoms with Gasteiger partial charge in [0.25, 0.3) is 0 Å². The highest BCUT2D eigenvalue weighted by Gasteiger charge is 2.27. The summed E-state index contributed by atoms with van der Waals surface area (Å²) in [6.07, 6.45) is 0. The van der Waals surface area contributed by atoms with Crippen molar-refractivity contribution in [2.24, 2.45) is 0 Å². The van der Waals surface area contributed by atoms with Crippen LogP contribution in [0.25, 0.3) is 0 Å². The highest BCUT2D eigenvalue weighted by Crippen LogP contribution is 2.17. The van der Waals surface area contributed by atoms with Crippen molar-refractivity contribution in [1.82, 2.24) is 0 Å². The monoisotopic (exact) mass is 260 g/mol. The standard InChI is InChI=1S/C11H24O3Si2/c1-9(2)10(13-15(3,4)5)11(12)14-16(6,7)8/h1-8H3. The number of allylic oxidation sites excluding steroid dienone is 1. The second-order valence-corrected chi connectivity index (χ2v) is 14.9. The third kappa shape index (κ3) is 6.84. The zero-order valence-electron chi connectivity index (χ0n) is 11.7. The molecule has 0 aromatic rings. The normalized spacial score (nSPS) is 12.0. The fraction of sp³-hybridized carbons (Fsp3) is 0.727. The molecule has 0 aliphatic carbocycles. The fourth-order valence-electron chi connectivity index (χ4n) is 0.978. The summed E-state index contributed by atoms with van der Waals surface area (Å²) in [6, 6.07) is 0. The van der Waals surface area contributed by atoms with Gasteiger partial charge in [-0.25, -0.2) is 4.79 Å². The Labute approximate surface area is 101 Å². The minimum absolute atomic E-state index is 0.304. The summed E-state index contributed by atoms with van der Waals surface area (Å²) in [4.78, 5) is 11.9. The number of hydrogen-bond donors (Lipinski definition) is 0. The molecule has 0 aliphatic rings. The Balaban J connectivity index is 4.85. The van der Waals surface area contributed by atoms with E-state index in [1.165, 1.54) is 0 Å². The Morgan fingerprint density at radius 3 is 1.44 bits per heavy atom. The molecule has 0 aliphatic heterocycles. The Morgan fingerprint density at radius 1 is 0.812 bits per heavy atom. The second-order valence-electron chi connectivity index (χ2n) is 6.05. The summed E-state index contributed by atoms with van der Waals surface area (Å²) in [5, 5.41) is 0. The van der Waals surface area contributed by atoms with Crippen LogP contribution >= 0.6 is 0 Å². The van der Waals surface area contributed by atoms with Crippen molar-refractivity contribution < 1.29 is 13.6 Å². The quantitative estimate of drug-likeness (QED) is 0.441. The first-order valence-electron chi connectivity index (χ1n) is 5.52. The van der Waals surface area contributed by atoms with E-state index in [4.69, 9.17) is 8.85 Å². The molecule has 0 aromatic carbocycles. The van der Waals surface area contributed by atoms with Crippen molar-refractivity contribution in [3.63, 3.8) is 0 Å². The van der Waals surface area contributed by atoms with Gasteiger partial charge in [0.1, 0.15) is 0 Å². The highest BCUT2D eigenvalue weighted by molar-refractivity contribution is 6.72. The Morgan fingerprint density at radius 2 is 1.19 bits per heavy atom. The van der Waals surface area contributed by atoms with Crippen molar-refractivity contribution in [2.75, 3.05) is 0 Å². The molecular formula is C11H24O3Si2. The fourth-order valence-corrected chi connectivity index (χ4v) is 2.53. The Hall–Kier alpha value is -0.556. The van der Waals surface area contributed by atoms with Crippen LogP contribution in [-0.2, 0) is 13.6 Å². The SMILES string of the molecule is CC(C)=C(O[Si](C)(C)C)C(=O)O[Si](C)(C)C. The lowest BCUT2D eigenvalue weighted by molar-refractivity contribution is -0.133. The van der Waals surface area contributed by atoms with Gasteiger partial charge in [0.05, 0.1) is 0 Å². The summed E-state index contributed by atoms with van der Waals surface area (Å²) in [7, 11) is -3.62. The van der Waals surface area contributed by atoms with E-state index in [9.17, 15) is 4.79 Å². The van der Waals surface area contributed by atoms with Gasteiger partial charge in [-0.15, -0.1) is 0 Å². The smallest absolute Gasteiger partial charge is 0.358 e. The van der Waals surface area contributed by atoms with Gasteiger partial charge in [0.15, 0.2) is 5.76 Å². The molecule has 5 heteroatoms. The maximum Gasteiger partial charge on any atom is 0.358 e. The van der Waals surface area contributed by atoms with Crippen LogP contribution in [-0.4, -0.2) is 22.6 Å². The topological polar surface area (TPSA) is 35.5 Å². The molecule has 94 valence electrons. The molecular weight excluding hydrogens is 236 g/mol. The molecule has 16 heavy (non-hydrogen) atoms. The third-order valence-electron chi connectivity index (χ3n) is 1.45. The van der Waals surface area contributed by atoms with Gasteiger partial charge >= 0.3 is 5.97 Å². The van der Waals surface area contributed by atoms with Gasteiger partial charge in [0, 0.05) is 0 Å². The molecule has 0 amide bonds. The number of carbonyl (C=O) groups is 1. The zero-order chi connectivity index (χ0) is 13.1.